The van der Waals surface area contributed by atoms with E-state index in [0.29, 0.717) is 0 Å². The Kier molecular flexibility index (Phi) is 3.84. The molecule has 0 saturated heterocycles. The molecule has 4 N–H and O–H groups in total. The van der Waals surface area contributed by atoms with Crippen LogP contribution in [0.4, 0.5) is 10.1 Å². The molecule has 0 amide bonds. The van der Waals surface area contributed by atoms with Gasteiger partial charge in [-0.25, -0.2) is 17.5 Å². The van der Waals surface area contributed by atoms with Gasteiger partial charge in [0.25, 0.3) is 0 Å². The molecule has 7 heteroatoms. The van der Waals surface area contributed by atoms with E-state index in [1.54, 1.807) is 0 Å². The van der Waals surface area contributed by atoms with Gasteiger partial charge in [0.2, 0.25) is 10.0 Å². The summed E-state index contributed by atoms with van der Waals surface area (Å²) in [5, 5.41) is 8.95. The first-order chi connectivity index (χ1) is 7.31. The van der Waals surface area contributed by atoms with Gasteiger partial charge in [-0.3, -0.25) is 0 Å². The molecule has 0 bridgehead atoms. The smallest absolute Gasteiger partial charge is 0.240 e. The van der Waals surface area contributed by atoms with Gasteiger partial charge in [-0.1, -0.05) is 0 Å². The number of halogens is 1. The van der Waals surface area contributed by atoms with Gasteiger partial charge in [-0.15, -0.1) is 0 Å². The second-order valence-corrected chi connectivity index (χ2v) is 5.19. The van der Waals surface area contributed by atoms with E-state index in [2.05, 4.69) is 4.72 Å². The first-order valence-electron chi connectivity index (χ1n) is 4.55. The molecule has 0 aliphatic carbocycles. The van der Waals surface area contributed by atoms with E-state index >= 15 is 0 Å². The molecule has 1 rings (SSSR count). The highest BCUT2D eigenvalue weighted by atomic mass is 32.2. The van der Waals surface area contributed by atoms with Gasteiger partial charge in [0.05, 0.1) is 11.0 Å². The topological polar surface area (TPSA) is 92.4 Å². The van der Waals surface area contributed by atoms with Crippen LogP contribution in [-0.2, 0) is 10.0 Å². The number of nitrogen functional groups attached to an aromatic ring is 1. The lowest BCUT2D eigenvalue weighted by Gasteiger charge is -2.08. The summed E-state index contributed by atoms with van der Waals surface area (Å²) in [6.45, 7) is 1.29. The number of nitrogens with one attached hydrogen (secondary N) is 1. The second kappa shape index (κ2) is 4.77. The summed E-state index contributed by atoms with van der Waals surface area (Å²) in [6.07, 6.45) is -0.819. The van der Waals surface area contributed by atoms with Crippen LogP contribution in [0, 0.1) is 5.82 Å². The maximum Gasteiger partial charge on any atom is 0.240 e. The van der Waals surface area contributed by atoms with Crippen molar-refractivity contribution in [3.8, 4) is 0 Å². The number of benzene rings is 1. The van der Waals surface area contributed by atoms with Crippen LogP contribution in [0.1, 0.15) is 6.92 Å². The molecule has 0 radical (unpaired) electrons. The summed E-state index contributed by atoms with van der Waals surface area (Å²) < 4.78 is 38.3. The normalized spacial score (nSPS) is 13.7. The summed E-state index contributed by atoms with van der Waals surface area (Å²) in [7, 11) is -3.83. The Morgan fingerprint density at radius 2 is 2.12 bits per heavy atom. The summed E-state index contributed by atoms with van der Waals surface area (Å²) >= 11 is 0. The van der Waals surface area contributed by atoms with E-state index in [1.807, 2.05) is 0 Å². The maximum absolute atomic E-state index is 12.9. The Balaban J connectivity index is 2.98. The molecular formula is C9H13FN2O3S. The minimum absolute atomic E-state index is 0.0254. The van der Waals surface area contributed by atoms with Gasteiger partial charge in [0, 0.05) is 12.2 Å². The molecule has 1 atom stereocenters. The molecular weight excluding hydrogens is 235 g/mol. The van der Waals surface area contributed by atoms with Crippen LogP contribution < -0.4 is 10.5 Å². The molecule has 0 unspecified atom stereocenters. The predicted octanol–water partition coefficient (Wildman–Crippen LogP) is 0.0670. The van der Waals surface area contributed by atoms with Gasteiger partial charge < -0.3 is 10.8 Å². The van der Waals surface area contributed by atoms with E-state index in [4.69, 9.17) is 10.8 Å². The first kappa shape index (κ1) is 12.9. The predicted molar refractivity (Wildman–Crippen MR) is 57.7 cm³/mol. The zero-order valence-electron chi connectivity index (χ0n) is 8.64. The Labute approximate surface area is 93.1 Å². The average Bonchev–Trinajstić information content (AvgIpc) is 2.13. The maximum atomic E-state index is 12.9. The fourth-order valence-electron chi connectivity index (χ4n) is 1.05. The summed E-state index contributed by atoms with van der Waals surface area (Å²) in [5.74, 6) is -0.725. The fraction of sp³-hybridized carbons (Fsp3) is 0.333. The number of hydrogen-bond acceptors (Lipinski definition) is 4. The molecule has 0 aliphatic heterocycles. The average molecular weight is 248 g/mol. The lowest BCUT2D eigenvalue weighted by molar-refractivity contribution is 0.198. The molecule has 90 valence electrons. The van der Waals surface area contributed by atoms with Crippen LogP contribution in [0.15, 0.2) is 23.1 Å². The number of sulfonamides is 1. The molecule has 0 aliphatic rings. The molecule has 0 fully saturated rings. The number of anilines is 1. The first-order valence-corrected chi connectivity index (χ1v) is 6.03. The number of rotatable bonds is 4. The minimum Gasteiger partial charge on any atom is -0.399 e. The van der Waals surface area contributed by atoms with Crippen molar-refractivity contribution in [2.75, 3.05) is 12.3 Å². The van der Waals surface area contributed by atoms with Gasteiger partial charge in [0.15, 0.2) is 0 Å². The van der Waals surface area contributed by atoms with E-state index < -0.39 is 21.9 Å². The van der Waals surface area contributed by atoms with Crippen molar-refractivity contribution in [3.63, 3.8) is 0 Å². The van der Waals surface area contributed by atoms with Crippen LogP contribution in [0.3, 0.4) is 0 Å². The van der Waals surface area contributed by atoms with Crippen LogP contribution in [0.5, 0.6) is 0 Å². The Morgan fingerprint density at radius 1 is 1.50 bits per heavy atom. The zero-order chi connectivity index (χ0) is 12.3. The third kappa shape index (κ3) is 3.44. The summed E-state index contributed by atoms with van der Waals surface area (Å²) in [6, 6.07) is 3.03. The van der Waals surface area contributed by atoms with E-state index in [-0.39, 0.29) is 17.1 Å². The van der Waals surface area contributed by atoms with E-state index in [9.17, 15) is 12.8 Å². The third-order valence-corrected chi connectivity index (χ3v) is 3.18. The summed E-state index contributed by atoms with van der Waals surface area (Å²) in [5.41, 5.74) is 5.36. The molecule has 0 spiro atoms. The zero-order valence-corrected chi connectivity index (χ0v) is 9.46. The Morgan fingerprint density at radius 3 is 2.62 bits per heavy atom. The number of aliphatic hydroxyl groups excluding tert-OH is 1. The van der Waals surface area contributed by atoms with E-state index in [1.165, 1.54) is 6.92 Å². The standard InChI is InChI=1S/C9H13FN2O3S/c1-6(13)5-12-16(14,15)9-3-7(10)2-8(11)4-9/h2-4,6,12-13H,5,11H2,1H3/t6-/m0/s1. The SMILES string of the molecule is C[C@H](O)CNS(=O)(=O)c1cc(N)cc(F)c1. The van der Waals surface area contributed by atoms with Gasteiger partial charge in [-0.05, 0) is 25.1 Å². The van der Waals surface area contributed by atoms with Gasteiger partial charge in [0.1, 0.15) is 5.82 Å². The molecule has 16 heavy (non-hydrogen) atoms. The van der Waals surface area contributed by atoms with Crippen molar-refractivity contribution in [2.24, 2.45) is 0 Å². The van der Waals surface area contributed by atoms with Crippen LogP contribution >= 0.6 is 0 Å². The van der Waals surface area contributed by atoms with Crippen molar-refractivity contribution >= 4 is 15.7 Å². The number of nitrogens with two attached hydrogens (primary N) is 1. The molecule has 0 saturated carbocycles. The number of hydrogen-bond donors (Lipinski definition) is 3. The third-order valence-electron chi connectivity index (χ3n) is 1.77. The highest BCUT2D eigenvalue weighted by Gasteiger charge is 2.15. The van der Waals surface area contributed by atoms with Crippen molar-refractivity contribution < 1.29 is 17.9 Å². The largest absolute Gasteiger partial charge is 0.399 e. The quantitative estimate of drug-likeness (QED) is 0.657. The van der Waals surface area contributed by atoms with Crippen molar-refractivity contribution in [1.82, 2.24) is 4.72 Å². The Hall–Kier alpha value is -1.18. The number of aliphatic hydroxyl groups is 1. The molecule has 1 aromatic rings. The van der Waals surface area contributed by atoms with Crippen LogP contribution in [0.25, 0.3) is 0 Å². The second-order valence-electron chi connectivity index (χ2n) is 3.42. The highest BCUT2D eigenvalue weighted by molar-refractivity contribution is 7.89. The lowest BCUT2D eigenvalue weighted by atomic mass is 10.3. The summed E-state index contributed by atoms with van der Waals surface area (Å²) in [4.78, 5) is -0.259. The minimum atomic E-state index is -3.83. The molecule has 1 aromatic carbocycles. The van der Waals surface area contributed by atoms with Crippen LogP contribution in [-0.4, -0.2) is 26.2 Å². The van der Waals surface area contributed by atoms with Gasteiger partial charge >= 0.3 is 0 Å². The molecule has 5 nitrogen and oxygen atoms in total. The van der Waals surface area contributed by atoms with Crippen LogP contribution in [0.2, 0.25) is 0 Å². The molecule has 0 heterocycles. The van der Waals surface area contributed by atoms with Gasteiger partial charge in [-0.2, -0.15) is 0 Å². The lowest BCUT2D eigenvalue weighted by Crippen LogP contribution is -2.30. The van der Waals surface area contributed by atoms with Crippen molar-refractivity contribution in [1.29, 1.82) is 0 Å². The molecule has 0 aromatic heterocycles. The van der Waals surface area contributed by atoms with E-state index in [0.717, 1.165) is 18.2 Å². The monoisotopic (exact) mass is 248 g/mol. The fourth-order valence-corrected chi connectivity index (χ4v) is 2.24. The Bertz CT molecular complexity index is 453. The van der Waals surface area contributed by atoms with Crippen molar-refractivity contribution in [3.05, 3.63) is 24.0 Å². The van der Waals surface area contributed by atoms with Crippen molar-refractivity contribution in [2.45, 2.75) is 17.9 Å². The highest BCUT2D eigenvalue weighted by Crippen LogP contribution is 2.15.